The van der Waals surface area contributed by atoms with Crippen LogP contribution in [0.1, 0.15) is 32.6 Å². The average Bonchev–Trinajstić information content (AvgIpc) is 2.69. The number of amides is 3. The Kier molecular flexibility index (Phi) is 12.9. The Labute approximate surface area is 178 Å². The van der Waals surface area contributed by atoms with Gasteiger partial charge in [0.15, 0.2) is 0 Å². The SMILES string of the molecule is CC(O)C(N)C(=O)NC(CO)C(=O)NC(CCCCN)C(=O)NC(CC(=O)O)C(=O)O. The second kappa shape index (κ2) is 14.2. The molecule has 0 fully saturated rings. The fraction of sp³-hybridized carbons (Fsp3) is 0.706. The van der Waals surface area contributed by atoms with E-state index in [0.717, 1.165) is 0 Å². The lowest BCUT2D eigenvalue weighted by atomic mass is 10.1. The molecule has 0 aromatic rings. The Morgan fingerprint density at radius 1 is 0.871 bits per heavy atom. The molecule has 11 N–H and O–H groups in total. The summed E-state index contributed by atoms with van der Waals surface area (Å²) in [7, 11) is 0. The first-order valence-corrected chi connectivity index (χ1v) is 9.54. The number of aliphatic hydroxyl groups excluding tert-OH is 2. The zero-order valence-electron chi connectivity index (χ0n) is 17.1. The molecule has 0 bridgehead atoms. The zero-order valence-corrected chi connectivity index (χ0v) is 17.1. The molecule has 178 valence electrons. The number of hydrogen-bond donors (Lipinski definition) is 9. The minimum absolute atomic E-state index is 0.0352. The van der Waals surface area contributed by atoms with Crippen LogP contribution in [0.3, 0.4) is 0 Å². The standard InChI is InChI=1S/C17H31N5O9/c1-8(24)13(19)16(29)22-11(7-23)15(28)20-9(4-2-3-5-18)14(27)21-10(17(30)31)6-12(25)26/h8-11,13,23-24H,2-7,18-19H2,1H3,(H,20,28)(H,21,27)(H,22,29)(H,25,26)(H,30,31). The largest absolute Gasteiger partial charge is 0.481 e. The third-order valence-corrected chi connectivity index (χ3v) is 4.21. The van der Waals surface area contributed by atoms with Crippen molar-refractivity contribution in [1.82, 2.24) is 16.0 Å². The summed E-state index contributed by atoms with van der Waals surface area (Å²) in [5, 5.41) is 43.1. The molecule has 14 nitrogen and oxygen atoms in total. The van der Waals surface area contributed by atoms with Crippen LogP contribution in [0.4, 0.5) is 0 Å². The Morgan fingerprint density at radius 2 is 1.39 bits per heavy atom. The molecule has 3 amide bonds. The zero-order chi connectivity index (χ0) is 24.1. The van der Waals surface area contributed by atoms with E-state index in [4.69, 9.17) is 21.7 Å². The van der Waals surface area contributed by atoms with Gasteiger partial charge in [-0.2, -0.15) is 0 Å². The van der Waals surface area contributed by atoms with Gasteiger partial charge in [0.2, 0.25) is 17.7 Å². The van der Waals surface area contributed by atoms with Crippen LogP contribution in [0.15, 0.2) is 0 Å². The lowest BCUT2D eigenvalue weighted by Gasteiger charge is -2.24. The first kappa shape index (κ1) is 28.2. The minimum atomic E-state index is -1.73. The van der Waals surface area contributed by atoms with Gasteiger partial charge in [-0.25, -0.2) is 4.79 Å². The van der Waals surface area contributed by atoms with Crippen molar-refractivity contribution in [3.8, 4) is 0 Å². The molecule has 0 aliphatic rings. The highest BCUT2D eigenvalue weighted by atomic mass is 16.4. The van der Waals surface area contributed by atoms with Gasteiger partial charge in [-0.15, -0.1) is 0 Å². The van der Waals surface area contributed by atoms with Crippen molar-refractivity contribution in [3.05, 3.63) is 0 Å². The van der Waals surface area contributed by atoms with Gasteiger partial charge in [0.25, 0.3) is 0 Å². The highest BCUT2D eigenvalue weighted by Gasteiger charge is 2.31. The molecule has 0 rings (SSSR count). The predicted molar refractivity (Wildman–Crippen MR) is 105 cm³/mol. The van der Waals surface area contributed by atoms with E-state index in [1.165, 1.54) is 6.92 Å². The van der Waals surface area contributed by atoms with Crippen molar-refractivity contribution in [2.45, 2.75) is 62.9 Å². The van der Waals surface area contributed by atoms with E-state index >= 15 is 0 Å². The molecule has 0 aliphatic carbocycles. The van der Waals surface area contributed by atoms with E-state index in [0.29, 0.717) is 19.4 Å². The lowest BCUT2D eigenvalue weighted by Crippen LogP contribution is -2.59. The number of nitrogens with one attached hydrogen (secondary N) is 3. The molecular formula is C17H31N5O9. The molecule has 14 heteroatoms. The Hall–Kier alpha value is -2.81. The van der Waals surface area contributed by atoms with Crippen LogP contribution in [0.5, 0.6) is 0 Å². The topological polar surface area (TPSA) is 254 Å². The number of aliphatic hydroxyl groups is 2. The van der Waals surface area contributed by atoms with Crippen molar-refractivity contribution in [1.29, 1.82) is 0 Å². The molecule has 0 aromatic heterocycles. The monoisotopic (exact) mass is 449 g/mol. The van der Waals surface area contributed by atoms with Gasteiger partial charge in [-0.05, 0) is 32.7 Å². The van der Waals surface area contributed by atoms with Crippen LogP contribution in [0, 0.1) is 0 Å². The molecule has 5 atom stereocenters. The van der Waals surface area contributed by atoms with Crippen molar-refractivity contribution in [2.75, 3.05) is 13.2 Å². The number of unbranched alkanes of at least 4 members (excludes halogenated alkanes) is 1. The van der Waals surface area contributed by atoms with Crippen LogP contribution in [0.2, 0.25) is 0 Å². The normalized spacial score (nSPS) is 15.6. The van der Waals surface area contributed by atoms with Crippen molar-refractivity contribution in [2.24, 2.45) is 11.5 Å². The maximum atomic E-state index is 12.5. The summed E-state index contributed by atoms with van der Waals surface area (Å²) in [5.41, 5.74) is 10.9. The van der Waals surface area contributed by atoms with Crippen LogP contribution in [-0.4, -0.2) is 93.5 Å². The second-order valence-electron chi connectivity index (χ2n) is 6.85. The molecule has 0 saturated carbocycles. The maximum Gasteiger partial charge on any atom is 0.326 e. The highest BCUT2D eigenvalue weighted by molar-refractivity contribution is 5.94. The fourth-order valence-electron chi connectivity index (χ4n) is 2.36. The molecule has 0 aliphatic heterocycles. The van der Waals surface area contributed by atoms with E-state index < -0.39 is 73.0 Å². The molecule has 31 heavy (non-hydrogen) atoms. The van der Waals surface area contributed by atoms with Gasteiger partial charge in [0.1, 0.15) is 24.2 Å². The molecule has 5 unspecified atom stereocenters. The number of nitrogens with two attached hydrogens (primary N) is 2. The summed E-state index contributed by atoms with van der Waals surface area (Å²) >= 11 is 0. The van der Waals surface area contributed by atoms with E-state index in [1.807, 2.05) is 5.32 Å². The van der Waals surface area contributed by atoms with E-state index in [1.54, 1.807) is 0 Å². The number of carboxylic acids is 2. The third kappa shape index (κ3) is 10.7. The first-order chi connectivity index (χ1) is 14.4. The average molecular weight is 449 g/mol. The molecule has 0 spiro atoms. The van der Waals surface area contributed by atoms with Crippen LogP contribution in [-0.2, 0) is 24.0 Å². The summed E-state index contributed by atoms with van der Waals surface area (Å²) in [5.74, 6) is -5.86. The summed E-state index contributed by atoms with van der Waals surface area (Å²) in [4.78, 5) is 58.8. The molecule has 0 saturated heterocycles. The minimum Gasteiger partial charge on any atom is -0.481 e. The van der Waals surface area contributed by atoms with Crippen molar-refractivity contribution < 1.29 is 44.4 Å². The van der Waals surface area contributed by atoms with Gasteiger partial charge in [0, 0.05) is 0 Å². The number of aliphatic carboxylic acids is 2. The van der Waals surface area contributed by atoms with Gasteiger partial charge in [-0.1, -0.05) is 0 Å². The maximum absolute atomic E-state index is 12.5. The highest BCUT2D eigenvalue weighted by Crippen LogP contribution is 2.04. The first-order valence-electron chi connectivity index (χ1n) is 9.54. The second-order valence-corrected chi connectivity index (χ2v) is 6.85. The summed E-state index contributed by atoms with van der Waals surface area (Å²) < 4.78 is 0. The van der Waals surface area contributed by atoms with E-state index in [9.17, 15) is 34.2 Å². The Bertz CT molecular complexity index is 643. The third-order valence-electron chi connectivity index (χ3n) is 4.21. The quantitative estimate of drug-likeness (QED) is 0.108. The van der Waals surface area contributed by atoms with Gasteiger partial charge in [-0.3, -0.25) is 19.2 Å². The number of carbonyl (C=O) groups excluding carboxylic acids is 3. The Balaban J connectivity index is 5.31. The fourth-order valence-corrected chi connectivity index (χ4v) is 2.36. The summed E-state index contributed by atoms with van der Waals surface area (Å²) in [6.07, 6.45) is -1.21. The molecule has 0 heterocycles. The number of carboxylic acid groups (broad SMARTS) is 2. The van der Waals surface area contributed by atoms with Crippen molar-refractivity contribution >= 4 is 29.7 Å². The number of carbonyl (C=O) groups is 5. The van der Waals surface area contributed by atoms with Gasteiger partial charge in [0.05, 0.1) is 19.1 Å². The van der Waals surface area contributed by atoms with Crippen LogP contribution < -0.4 is 27.4 Å². The van der Waals surface area contributed by atoms with E-state index in [2.05, 4.69) is 10.6 Å². The lowest BCUT2D eigenvalue weighted by molar-refractivity contribution is -0.147. The summed E-state index contributed by atoms with van der Waals surface area (Å²) in [6, 6.07) is -5.88. The summed E-state index contributed by atoms with van der Waals surface area (Å²) in [6.45, 7) is 0.704. The molecule has 0 radical (unpaired) electrons. The number of rotatable bonds is 15. The van der Waals surface area contributed by atoms with Crippen LogP contribution >= 0.6 is 0 Å². The predicted octanol–water partition coefficient (Wildman–Crippen LogP) is -4.17. The number of hydrogen-bond acceptors (Lipinski definition) is 9. The van der Waals surface area contributed by atoms with Crippen LogP contribution in [0.25, 0.3) is 0 Å². The smallest absolute Gasteiger partial charge is 0.326 e. The molecule has 0 aromatic carbocycles. The Morgan fingerprint density at radius 3 is 1.84 bits per heavy atom. The van der Waals surface area contributed by atoms with Crippen molar-refractivity contribution in [3.63, 3.8) is 0 Å². The van der Waals surface area contributed by atoms with E-state index in [-0.39, 0.29) is 6.42 Å². The van der Waals surface area contributed by atoms with Gasteiger partial charge < -0.3 is 47.8 Å². The molecular weight excluding hydrogens is 418 g/mol. The van der Waals surface area contributed by atoms with Gasteiger partial charge >= 0.3 is 11.9 Å².